The molecule has 0 atom stereocenters. The number of piperidine rings is 1. The first-order valence-corrected chi connectivity index (χ1v) is 11.1. The highest BCUT2D eigenvalue weighted by Gasteiger charge is 2.47. The smallest absolute Gasteiger partial charge is 0.253 e. The van der Waals surface area contributed by atoms with Gasteiger partial charge < -0.3 is 4.90 Å². The van der Waals surface area contributed by atoms with E-state index in [0.717, 1.165) is 11.3 Å². The monoisotopic (exact) mass is 402 g/mol. The Morgan fingerprint density at radius 2 is 1.82 bits per heavy atom. The second-order valence-electron chi connectivity index (χ2n) is 7.51. The summed E-state index contributed by atoms with van der Waals surface area (Å²) >= 11 is 0. The van der Waals surface area contributed by atoms with Crippen molar-refractivity contribution in [2.75, 3.05) is 29.7 Å². The molecule has 148 valence electrons. The molecule has 0 radical (unpaired) electrons. The highest BCUT2D eigenvalue weighted by atomic mass is 32.2. The van der Waals surface area contributed by atoms with E-state index in [4.69, 9.17) is 0 Å². The first-order chi connectivity index (χ1) is 13.4. The minimum Gasteiger partial charge on any atom is -0.339 e. The second kappa shape index (κ2) is 6.88. The lowest BCUT2D eigenvalue weighted by atomic mass is 9.74. The van der Waals surface area contributed by atoms with Crippen LogP contribution in [0.2, 0.25) is 0 Å². The summed E-state index contributed by atoms with van der Waals surface area (Å²) in [6, 6.07) is 13.4. The number of sulfonamides is 1. The van der Waals surface area contributed by atoms with Crippen LogP contribution in [0.15, 0.2) is 48.5 Å². The molecule has 1 amide bonds. The number of para-hydroxylation sites is 1. The highest BCUT2D eigenvalue weighted by molar-refractivity contribution is 7.92. The SMILES string of the molecule is CCS(=O)(=O)N1CC2(CCN(C(=O)c3cccc(F)c3)CC2)c2ccccc21. The molecule has 1 spiro atoms. The average molecular weight is 402 g/mol. The van der Waals surface area contributed by atoms with Crippen LogP contribution in [0.1, 0.15) is 35.7 Å². The van der Waals surface area contributed by atoms with Crippen LogP contribution < -0.4 is 4.31 Å². The van der Waals surface area contributed by atoms with Crippen molar-refractivity contribution >= 4 is 21.6 Å². The van der Waals surface area contributed by atoms with Gasteiger partial charge in [0.1, 0.15) is 5.82 Å². The van der Waals surface area contributed by atoms with Gasteiger partial charge in [-0.2, -0.15) is 0 Å². The van der Waals surface area contributed by atoms with Crippen molar-refractivity contribution in [3.05, 3.63) is 65.5 Å². The van der Waals surface area contributed by atoms with Gasteiger partial charge in [0.15, 0.2) is 0 Å². The molecule has 0 bridgehead atoms. The Hall–Kier alpha value is -2.41. The van der Waals surface area contributed by atoms with Gasteiger partial charge in [-0.05, 0) is 49.6 Å². The molecule has 2 aromatic carbocycles. The van der Waals surface area contributed by atoms with Crippen LogP contribution in [0.4, 0.5) is 10.1 Å². The van der Waals surface area contributed by atoms with Gasteiger partial charge in [0.25, 0.3) is 5.91 Å². The van der Waals surface area contributed by atoms with Crippen molar-refractivity contribution in [3.63, 3.8) is 0 Å². The molecule has 2 aliphatic rings. The lowest BCUT2D eigenvalue weighted by Gasteiger charge is -2.40. The number of halogens is 1. The van der Waals surface area contributed by atoms with Crippen molar-refractivity contribution in [2.24, 2.45) is 0 Å². The number of carbonyl (C=O) groups excluding carboxylic acids is 1. The lowest BCUT2D eigenvalue weighted by molar-refractivity contribution is 0.0674. The number of hydrogen-bond donors (Lipinski definition) is 0. The predicted molar refractivity (Wildman–Crippen MR) is 106 cm³/mol. The number of hydrogen-bond acceptors (Lipinski definition) is 3. The first kappa shape index (κ1) is 18.9. The highest BCUT2D eigenvalue weighted by Crippen LogP contribution is 2.48. The van der Waals surface area contributed by atoms with Crippen LogP contribution in [0.3, 0.4) is 0 Å². The zero-order chi connectivity index (χ0) is 19.9. The number of nitrogens with zero attached hydrogens (tertiary/aromatic N) is 2. The van der Waals surface area contributed by atoms with Gasteiger partial charge in [-0.25, -0.2) is 12.8 Å². The van der Waals surface area contributed by atoms with E-state index in [0.29, 0.717) is 38.0 Å². The number of benzene rings is 2. The van der Waals surface area contributed by atoms with Crippen molar-refractivity contribution in [2.45, 2.75) is 25.2 Å². The number of amides is 1. The Labute approximate surface area is 164 Å². The van der Waals surface area contributed by atoms with E-state index >= 15 is 0 Å². The molecule has 1 fully saturated rings. The summed E-state index contributed by atoms with van der Waals surface area (Å²) < 4.78 is 40.2. The minimum atomic E-state index is -3.35. The number of anilines is 1. The Morgan fingerprint density at radius 3 is 2.50 bits per heavy atom. The molecule has 4 rings (SSSR count). The molecule has 1 saturated heterocycles. The van der Waals surface area contributed by atoms with Gasteiger partial charge in [-0.15, -0.1) is 0 Å². The van der Waals surface area contributed by atoms with Crippen molar-refractivity contribution < 1.29 is 17.6 Å². The summed E-state index contributed by atoms with van der Waals surface area (Å²) in [6.07, 6.45) is 1.36. The van der Waals surface area contributed by atoms with Crippen LogP contribution in [-0.2, 0) is 15.4 Å². The van der Waals surface area contributed by atoms with E-state index in [-0.39, 0.29) is 17.1 Å². The third kappa shape index (κ3) is 3.07. The molecule has 0 aromatic heterocycles. The largest absolute Gasteiger partial charge is 0.339 e. The summed E-state index contributed by atoms with van der Waals surface area (Å²) in [5.74, 6) is -0.551. The average Bonchev–Trinajstić information content (AvgIpc) is 3.03. The maximum absolute atomic E-state index is 13.5. The van der Waals surface area contributed by atoms with Crippen LogP contribution >= 0.6 is 0 Å². The molecular weight excluding hydrogens is 379 g/mol. The molecule has 0 aliphatic carbocycles. The van der Waals surface area contributed by atoms with E-state index in [1.54, 1.807) is 17.9 Å². The summed E-state index contributed by atoms with van der Waals surface area (Å²) in [4.78, 5) is 14.5. The summed E-state index contributed by atoms with van der Waals surface area (Å²) in [6.45, 7) is 3.11. The fourth-order valence-electron chi connectivity index (χ4n) is 4.36. The standard InChI is InChI=1S/C21H23FN2O3S/c1-2-28(26,27)24-15-21(18-8-3-4-9-19(18)24)10-12-23(13-11-21)20(25)16-6-5-7-17(22)14-16/h3-9,14H,2,10-13,15H2,1H3. The summed E-state index contributed by atoms with van der Waals surface area (Å²) in [7, 11) is -3.35. The Bertz CT molecular complexity index is 1010. The number of fused-ring (bicyclic) bond motifs is 2. The van der Waals surface area contributed by atoms with Gasteiger partial charge in [-0.3, -0.25) is 9.10 Å². The molecular formula is C21H23FN2O3S. The van der Waals surface area contributed by atoms with Crippen LogP contribution in [0.25, 0.3) is 0 Å². The maximum atomic E-state index is 13.5. The van der Waals surface area contributed by atoms with E-state index < -0.39 is 15.8 Å². The van der Waals surface area contributed by atoms with E-state index in [1.165, 1.54) is 22.5 Å². The fraction of sp³-hybridized carbons (Fsp3) is 0.381. The quantitative estimate of drug-likeness (QED) is 0.792. The van der Waals surface area contributed by atoms with Gasteiger partial charge >= 0.3 is 0 Å². The maximum Gasteiger partial charge on any atom is 0.253 e. The fourth-order valence-corrected chi connectivity index (χ4v) is 5.57. The molecule has 5 nitrogen and oxygen atoms in total. The van der Waals surface area contributed by atoms with Crippen molar-refractivity contribution in [1.82, 2.24) is 4.90 Å². The second-order valence-corrected chi connectivity index (χ2v) is 9.69. The molecule has 0 unspecified atom stereocenters. The van der Waals surface area contributed by atoms with Gasteiger partial charge in [0.05, 0.1) is 11.4 Å². The molecule has 2 heterocycles. The number of carbonyl (C=O) groups is 1. The summed E-state index contributed by atoms with van der Waals surface area (Å²) in [5, 5.41) is 0. The Kier molecular flexibility index (Phi) is 4.65. The molecule has 28 heavy (non-hydrogen) atoms. The molecule has 2 aromatic rings. The van der Waals surface area contributed by atoms with Crippen LogP contribution in [0, 0.1) is 5.82 Å². The van der Waals surface area contributed by atoms with Crippen LogP contribution in [0.5, 0.6) is 0 Å². The third-order valence-electron chi connectivity index (χ3n) is 5.97. The van der Waals surface area contributed by atoms with Gasteiger partial charge in [0.2, 0.25) is 10.0 Å². The van der Waals surface area contributed by atoms with Crippen molar-refractivity contribution in [1.29, 1.82) is 0 Å². The minimum absolute atomic E-state index is 0.0571. The van der Waals surface area contributed by atoms with Crippen molar-refractivity contribution in [3.8, 4) is 0 Å². The Balaban J connectivity index is 1.58. The molecule has 7 heteroatoms. The zero-order valence-electron chi connectivity index (χ0n) is 15.8. The van der Waals surface area contributed by atoms with Crippen LogP contribution in [-0.4, -0.2) is 44.6 Å². The lowest BCUT2D eigenvalue weighted by Crippen LogP contribution is -2.48. The van der Waals surface area contributed by atoms with E-state index in [1.807, 2.05) is 24.3 Å². The Morgan fingerprint density at radius 1 is 1.11 bits per heavy atom. The predicted octanol–water partition coefficient (Wildman–Crippen LogP) is 3.17. The summed E-state index contributed by atoms with van der Waals surface area (Å²) in [5.41, 5.74) is 1.87. The number of rotatable bonds is 3. The van der Waals surface area contributed by atoms with Gasteiger partial charge in [0, 0.05) is 30.6 Å². The van der Waals surface area contributed by atoms with Gasteiger partial charge in [-0.1, -0.05) is 24.3 Å². The zero-order valence-corrected chi connectivity index (χ0v) is 16.6. The normalized spacial score (nSPS) is 18.4. The van der Waals surface area contributed by atoms with E-state index in [2.05, 4.69) is 0 Å². The molecule has 0 N–H and O–H groups in total. The topological polar surface area (TPSA) is 57.7 Å². The first-order valence-electron chi connectivity index (χ1n) is 9.51. The third-order valence-corrected chi connectivity index (χ3v) is 7.70. The molecule has 2 aliphatic heterocycles. The number of likely N-dealkylation sites (tertiary alicyclic amines) is 1. The molecule has 0 saturated carbocycles. The van der Waals surface area contributed by atoms with E-state index in [9.17, 15) is 17.6 Å².